The number of carbonyl (C=O) groups is 6. The molecule has 2 N–H and O–H groups in total. The molecule has 0 fully saturated rings. The van der Waals surface area contributed by atoms with Crippen LogP contribution in [-0.4, -0.2) is 51.7 Å². The third-order valence-electron chi connectivity index (χ3n) is 6.33. The summed E-state index contributed by atoms with van der Waals surface area (Å²) >= 11 is 0. The molecule has 17 nitrogen and oxygen atoms in total. The fraction of sp³-hybridized carbons (Fsp3) is 0.250. The Hall–Kier alpha value is -5.77. The Balaban J connectivity index is 1.90. The van der Waals surface area contributed by atoms with Gasteiger partial charge < -0.3 is 37.7 Å². The van der Waals surface area contributed by atoms with Gasteiger partial charge in [-0.3, -0.25) is 33.8 Å². The van der Waals surface area contributed by atoms with E-state index in [1.165, 1.54) is 42.5 Å². The van der Waals surface area contributed by atoms with Gasteiger partial charge in [0.25, 0.3) is 0 Å². The number of hydrogen-bond donors (Lipinski definition) is 2. The zero-order chi connectivity index (χ0) is 36.9. The Labute approximate surface area is 283 Å². The summed E-state index contributed by atoms with van der Waals surface area (Å²) in [6, 6.07) is 9.76. The second kappa shape index (κ2) is 15.2. The van der Waals surface area contributed by atoms with E-state index in [9.17, 15) is 43.1 Å². The van der Waals surface area contributed by atoms with E-state index >= 15 is 0 Å². The van der Waals surface area contributed by atoms with Crippen molar-refractivity contribution >= 4 is 43.6 Å². The molecule has 50 heavy (non-hydrogen) atoms. The van der Waals surface area contributed by atoms with Crippen molar-refractivity contribution in [3.05, 3.63) is 65.2 Å². The number of esters is 6. The summed E-state index contributed by atoms with van der Waals surface area (Å²) in [6.07, 6.45) is -2.91. The molecule has 3 aromatic carbocycles. The molecule has 0 amide bonds. The Morgan fingerprint density at radius 2 is 1.26 bits per heavy atom. The quantitative estimate of drug-likeness (QED) is 0.173. The minimum Gasteiger partial charge on any atom is -0.481 e. The molecular formula is C32H29O17P. The van der Waals surface area contributed by atoms with Gasteiger partial charge in [-0.2, -0.15) is 0 Å². The van der Waals surface area contributed by atoms with Crippen LogP contribution in [-0.2, 0) is 39.7 Å². The van der Waals surface area contributed by atoms with Crippen LogP contribution in [0, 0.1) is 0 Å². The van der Waals surface area contributed by atoms with E-state index in [1.54, 1.807) is 0 Å². The first-order valence-electron chi connectivity index (χ1n) is 14.4. The number of benzene rings is 3. The molecule has 2 atom stereocenters. The monoisotopic (exact) mass is 716 g/mol. The molecule has 0 spiro atoms. The highest BCUT2D eigenvalue weighted by Crippen LogP contribution is 2.47. The zero-order valence-electron chi connectivity index (χ0n) is 26.9. The lowest BCUT2D eigenvalue weighted by Gasteiger charge is -2.34. The summed E-state index contributed by atoms with van der Waals surface area (Å²) in [7, 11) is -4.98. The largest absolute Gasteiger partial charge is 0.524 e. The molecule has 264 valence electrons. The molecule has 0 aromatic heterocycles. The lowest BCUT2D eigenvalue weighted by molar-refractivity contribution is -0.135. The van der Waals surface area contributed by atoms with Crippen LogP contribution in [0.5, 0.6) is 40.2 Å². The lowest BCUT2D eigenvalue weighted by Crippen LogP contribution is -2.35. The van der Waals surface area contributed by atoms with Crippen molar-refractivity contribution in [3.63, 3.8) is 0 Å². The molecule has 0 aliphatic carbocycles. The molecule has 18 heteroatoms. The van der Waals surface area contributed by atoms with Gasteiger partial charge in [0.2, 0.25) is 5.75 Å². The normalized spacial score (nSPS) is 14.9. The minimum atomic E-state index is -4.98. The third-order valence-corrected chi connectivity index (χ3v) is 6.78. The fourth-order valence-corrected chi connectivity index (χ4v) is 5.16. The van der Waals surface area contributed by atoms with Gasteiger partial charge in [0.1, 0.15) is 29.1 Å². The molecule has 0 saturated heterocycles. The van der Waals surface area contributed by atoms with E-state index in [0.717, 1.165) is 40.7 Å². The van der Waals surface area contributed by atoms with E-state index in [4.69, 9.17) is 33.2 Å². The van der Waals surface area contributed by atoms with Gasteiger partial charge in [-0.25, -0.2) is 9.36 Å². The van der Waals surface area contributed by atoms with E-state index in [0.29, 0.717) is 0 Å². The standard InChI is InChI=1S/C32H29O17P/c1-15(33)42-23-12-25(43-16(2)34)24-14-29(48-32(38)20-7-6-8-22(9-20)49-50(39,40)41)30(47-26(24)13-23)21-10-27(44-17(3)35)31(46-19(5)37)28(11-21)45-18(4)36/h6-13,29-30H,14H2,1-5H3,(H2,39,40,41)/t29-,30-/m1/s1. The Morgan fingerprint density at radius 3 is 1.80 bits per heavy atom. The van der Waals surface area contributed by atoms with Crippen molar-refractivity contribution in [2.45, 2.75) is 53.2 Å². The Kier molecular flexibility index (Phi) is 11.3. The topological polar surface area (TPSA) is 234 Å². The predicted octanol–water partition coefficient (Wildman–Crippen LogP) is 3.69. The van der Waals surface area contributed by atoms with E-state index in [1.807, 2.05) is 0 Å². The molecule has 0 unspecified atom stereocenters. The van der Waals surface area contributed by atoms with Gasteiger partial charge >= 0.3 is 43.6 Å². The van der Waals surface area contributed by atoms with Crippen molar-refractivity contribution in [2.75, 3.05) is 0 Å². The summed E-state index contributed by atoms with van der Waals surface area (Å²) in [4.78, 5) is 91.7. The molecule has 0 radical (unpaired) electrons. The number of carbonyl (C=O) groups excluding carboxylic acids is 6. The Morgan fingerprint density at radius 1 is 0.700 bits per heavy atom. The van der Waals surface area contributed by atoms with Gasteiger partial charge in [-0.05, 0) is 30.3 Å². The van der Waals surface area contributed by atoms with Crippen molar-refractivity contribution in [1.29, 1.82) is 0 Å². The first-order valence-corrected chi connectivity index (χ1v) is 15.9. The van der Waals surface area contributed by atoms with Crippen LogP contribution in [0.15, 0.2) is 48.5 Å². The van der Waals surface area contributed by atoms with Crippen LogP contribution in [0.25, 0.3) is 0 Å². The van der Waals surface area contributed by atoms with Crippen LogP contribution >= 0.6 is 7.82 Å². The number of phosphoric acid groups is 1. The number of fused-ring (bicyclic) bond motifs is 1. The molecule has 4 rings (SSSR count). The summed E-state index contributed by atoms with van der Waals surface area (Å²) in [5.74, 6) is -6.73. The third kappa shape index (κ3) is 9.88. The first-order chi connectivity index (χ1) is 23.4. The summed E-state index contributed by atoms with van der Waals surface area (Å²) in [5.41, 5.74) is 0.0420. The second-order valence-corrected chi connectivity index (χ2v) is 11.7. The average molecular weight is 717 g/mol. The Bertz CT molecular complexity index is 1890. The van der Waals surface area contributed by atoms with Crippen LogP contribution < -0.4 is 32.9 Å². The average Bonchev–Trinajstić information content (AvgIpc) is 2.96. The first kappa shape index (κ1) is 37.1. The van der Waals surface area contributed by atoms with E-state index in [-0.39, 0.29) is 57.6 Å². The van der Waals surface area contributed by atoms with Crippen molar-refractivity contribution in [3.8, 4) is 40.2 Å². The van der Waals surface area contributed by atoms with Crippen molar-refractivity contribution in [1.82, 2.24) is 0 Å². The maximum absolute atomic E-state index is 13.5. The number of hydrogen-bond acceptors (Lipinski definition) is 15. The van der Waals surface area contributed by atoms with Crippen LogP contribution in [0.2, 0.25) is 0 Å². The maximum Gasteiger partial charge on any atom is 0.524 e. The molecule has 0 saturated carbocycles. The predicted molar refractivity (Wildman–Crippen MR) is 165 cm³/mol. The van der Waals surface area contributed by atoms with Crippen LogP contribution in [0.3, 0.4) is 0 Å². The van der Waals surface area contributed by atoms with Gasteiger partial charge in [-0.15, -0.1) is 0 Å². The fourth-order valence-electron chi connectivity index (χ4n) is 4.77. The van der Waals surface area contributed by atoms with Crippen molar-refractivity contribution < 1.29 is 80.8 Å². The van der Waals surface area contributed by atoms with Gasteiger partial charge in [0, 0.05) is 64.3 Å². The second-order valence-electron chi connectivity index (χ2n) is 10.5. The van der Waals surface area contributed by atoms with E-state index in [2.05, 4.69) is 4.52 Å². The van der Waals surface area contributed by atoms with Gasteiger partial charge in [0.05, 0.1) is 5.56 Å². The number of rotatable bonds is 10. The van der Waals surface area contributed by atoms with Gasteiger partial charge in [-0.1, -0.05) is 6.07 Å². The number of ether oxygens (including phenoxy) is 7. The summed E-state index contributed by atoms with van der Waals surface area (Å²) in [5, 5.41) is 0. The molecule has 0 bridgehead atoms. The molecule has 3 aromatic rings. The number of phosphoric ester groups is 1. The lowest BCUT2D eigenvalue weighted by atomic mass is 9.93. The molecule has 1 heterocycles. The molecule has 1 aliphatic rings. The highest BCUT2D eigenvalue weighted by molar-refractivity contribution is 7.46. The maximum atomic E-state index is 13.5. The summed E-state index contributed by atoms with van der Waals surface area (Å²) in [6.45, 7) is 5.44. The van der Waals surface area contributed by atoms with Crippen molar-refractivity contribution in [2.24, 2.45) is 0 Å². The highest BCUT2D eigenvalue weighted by Gasteiger charge is 2.39. The van der Waals surface area contributed by atoms with Crippen LogP contribution in [0.1, 0.15) is 62.2 Å². The van der Waals surface area contributed by atoms with Crippen LogP contribution in [0.4, 0.5) is 0 Å². The SMILES string of the molecule is CC(=O)Oc1cc(OC(C)=O)c2c(c1)O[C@H](c1cc(OC(C)=O)c(OC(C)=O)c(OC(C)=O)c1)[C@H](OC(=O)c1cccc(OP(=O)(O)O)c1)C2. The summed E-state index contributed by atoms with van der Waals surface area (Å²) < 4.78 is 54.3. The van der Waals surface area contributed by atoms with E-state index < -0.39 is 61.6 Å². The molecular weight excluding hydrogens is 687 g/mol. The molecule has 1 aliphatic heterocycles. The highest BCUT2D eigenvalue weighted by atomic mass is 31.2. The van der Waals surface area contributed by atoms with Gasteiger partial charge in [0.15, 0.2) is 17.6 Å². The smallest absolute Gasteiger partial charge is 0.481 e. The minimum absolute atomic E-state index is 0.00137. The zero-order valence-corrected chi connectivity index (χ0v) is 27.8.